The van der Waals surface area contributed by atoms with Crippen molar-refractivity contribution in [3.63, 3.8) is 0 Å². The van der Waals surface area contributed by atoms with E-state index in [-0.39, 0.29) is 12.2 Å². The van der Waals surface area contributed by atoms with E-state index < -0.39 is 11.4 Å². The van der Waals surface area contributed by atoms with E-state index in [0.29, 0.717) is 11.3 Å². The zero-order valence-corrected chi connectivity index (χ0v) is 19.6. The quantitative estimate of drug-likeness (QED) is 0.314. The first-order chi connectivity index (χ1) is 16.3. The summed E-state index contributed by atoms with van der Waals surface area (Å²) in [6.07, 6.45) is 0.273. The van der Waals surface area contributed by atoms with Gasteiger partial charge in [-0.3, -0.25) is 0 Å². The van der Waals surface area contributed by atoms with E-state index in [1.54, 1.807) is 31.4 Å². The SMILES string of the molecule is COC(=O)c1ccc(-c2c(C(C)(C)CC#N)n(-c3ccc(F)cc3)c3ccc(OC)cc23)cc1. The second-order valence-electron chi connectivity index (χ2n) is 8.71. The Kier molecular flexibility index (Phi) is 6.12. The highest BCUT2D eigenvalue weighted by Crippen LogP contribution is 2.45. The van der Waals surface area contributed by atoms with Gasteiger partial charge in [-0.1, -0.05) is 26.0 Å². The number of methoxy groups -OCH3 is 2. The number of nitriles is 1. The zero-order valence-electron chi connectivity index (χ0n) is 19.6. The maximum Gasteiger partial charge on any atom is 0.337 e. The fraction of sp³-hybridized carbons (Fsp3) is 0.214. The maximum absolute atomic E-state index is 13.8. The van der Waals surface area contributed by atoms with E-state index in [4.69, 9.17) is 9.47 Å². The van der Waals surface area contributed by atoms with Crippen LogP contribution < -0.4 is 4.74 Å². The summed E-state index contributed by atoms with van der Waals surface area (Å²) in [6.45, 7) is 4.04. The molecule has 0 radical (unpaired) electrons. The van der Waals surface area contributed by atoms with Gasteiger partial charge in [0.15, 0.2) is 0 Å². The van der Waals surface area contributed by atoms with Gasteiger partial charge in [0.05, 0.1) is 31.4 Å². The molecule has 3 aromatic carbocycles. The Morgan fingerprint density at radius 3 is 2.29 bits per heavy atom. The molecule has 0 aliphatic heterocycles. The number of rotatable bonds is 6. The minimum absolute atomic E-state index is 0.273. The van der Waals surface area contributed by atoms with Gasteiger partial charge in [0, 0.05) is 34.2 Å². The number of ether oxygens (including phenoxy) is 2. The molecule has 172 valence electrons. The third-order valence-electron chi connectivity index (χ3n) is 6.02. The van der Waals surface area contributed by atoms with Gasteiger partial charge in [0.2, 0.25) is 0 Å². The van der Waals surface area contributed by atoms with E-state index in [1.165, 1.54) is 19.2 Å². The molecule has 0 aliphatic carbocycles. The highest BCUT2D eigenvalue weighted by atomic mass is 19.1. The molecule has 6 heteroatoms. The zero-order chi connectivity index (χ0) is 24.5. The predicted octanol–water partition coefficient (Wildman–Crippen LogP) is 6.42. The summed E-state index contributed by atoms with van der Waals surface area (Å²) in [7, 11) is 2.96. The van der Waals surface area contributed by atoms with Crippen LogP contribution in [0, 0.1) is 17.1 Å². The van der Waals surface area contributed by atoms with Crippen LogP contribution >= 0.6 is 0 Å². The first kappa shape index (κ1) is 23.1. The number of carbonyl (C=O) groups is 1. The lowest BCUT2D eigenvalue weighted by Crippen LogP contribution is -2.21. The van der Waals surface area contributed by atoms with Crippen molar-refractivity contribution in [1.29, 1.82) is 5.26 Å². The van der Waals surface area contributed by atoms with Crippen LogP contribution in [0.1, 0.15) is 36.3 Å². The van der Waals surface area contributed by atoms with E-state index in [9.17, 15) is 14.4 Å². The second kappa shape index (κ2) is 9.03. The molecule has 1 heterocycles. The van der Waals surface area contributed by atoms with Crippen molar-refractivity contribution in [2.24, 2.45) is 0 Å². The van der Waals surface area contributed by atoms with Crippen LogP contribution in [-0.4, -0.2) is 24.8 Å². The number of hydrogen-bond donors (Lipinski definition) is 0. The van der Waals surface area contributed by atoms with Gasteiger partial charge in [0.1, 0.15) is 11.6 Å². The summed E-state index contributed by atoms with van der Waals surface area (Å²) < 4.78 is 26.2. The van der Waals surface area contributed by atoms with Gasteiger partial charge < -0.3 is 14.0 Å². The lowest BCUT2D eigenvalue weighted by Gasteiger charge is -2.26. The lowest BCUT2D eigenvalue weighted by atomic mass is 9.81. The summed E-state index contributed by atoms with van der Waals surface area (Å²) in [5.74, 6) is -0.0360. The number of halogens is 1. The number of nitrogens with zero attached hydrogens (tertiary/aromatic N) is 2. The van der Waals surface area contributed by atoms with E-state index in [1.807, 2.05) is 44.2 Å². The molecule has 1 aromatic heterocycles. The summed E-state index contributed by atoms with van der Waals surface area (Å²) in [5.41, 5.74) is 4.31. The Bertz CT molecular complexity index is 1400. The van der Waals surface area contributed by atoms with Gasteiger partial charge in [-0.2, -0.15) is 5.26 Å². The van der Waals surface area contributed by atoms with Crippen molar-refractivity contribution >= 4 is 16.9 Å². The lowest BCUT2D eigenvalue weighted by molar-refractivity contribution is 0.0600. The molecule has 0 amide bonds. The summed E-state index contributed by atoms with van der Waals surface area (Å²) in [6, 6.07) is 21.6. The first-order valence-electron chi connectivity index (χ1n) is 10.9. The van der Waals surface area contributed by atoms with Gasteiger partial charge in [0.25, 0.3) is 0 Å². The monoisotopic (exact) mass is 456 g/mol. The van der Waals surface area contributed by atoms with E-state index in [2.05, 4.69) is 10.6 Å². The number of hydrogen-bond acceptors (Lipinski definition) is 4. The molecule has 5 nitrogen and oxygen atoms in total. The third kappa shape index (κ3) is 4.01. The molecule has 0 spiro atoms. The first-order valence-corrected chi connectivity index (χ1v) is 10.9. The van der Waals surface area contributed by atoms with Crippen LogP contribution in [0.5, 0.6) is 5.75 Å². The third-order valence-corrected chi connectivity index (χ3v) is 6.02. The molecule has 34 heavy (non-hydrogen) atoms. The minimum Gasteiger partial charge on any atom is -0.497 e. The number of esters is 1. The average molecular weight is 457 g/mol. The van der Waals surface area contributed by atoms with Gasteiger partial charge in [-0.05, 0) is 60.2 Å². The van der Waals surface area contributed by atoms with Crippen LogP contribution in [0.4, 0.5) is 4.39 Å². The molecule has 0 fully saturated rings. The Hall–Kier alpha value is -4.11. The highest BCUT2D eigenvalue weighted by Gasteiger charge is 2.32. The average Bonchev–Trinajstić information content (AvgIpc) is 3.19. The van der Waals surface area contributed by atoms with Crippen LogP contribution in [0.15, 0.2) is 66.7 Å². The maximum atomic E-state index is 13.8. The molecule has 0 unspecified atom stereocenters. The summed E-state index contributed by atoms with van der Waals surface area (Å²) in [5, 5.41) is 10.6. The van der Waals surface area contributed by atoms with Crippen molar-refractivity contribution < 1.29 is 18.7 Å². The van der Waals surface area contributed by atoms with E-state index >= 15 is 0 Å². The van der Waals surface area contributed by atoms with Crippen molar-refractivity contribution in [3.8, 4) is 28.6 Å². The minimum atomic E-state index is -0.550. The Morgan fingerprint density at radius 1 is 1.03 bits per heavy atom. The smallest absolute Gasteiger partial charge is 0.337 e. The van der Waals surface area contributed by atoms with Gasteiger partial charge >= 0.3 is 5.97 Å². The molecule has 0 saturated carbocycles. The standard InChI is InChI=1S/C28H25FN2O3/c1-28(2,15-16-30)26-25(18-5-7-19(8-6-18)27(32)34-4)23-17-22(33-3)13-14-24(23)31(26)21-11-9-20(29)10-12-21/h5-14,17H,15H2,1-4H3. The molecule has 0 aliphatic rings. The molecular formula is C28H25FN2O3. The Morgan fingerprint density at radius 2 is 1.71 bits per heavy atom. The summed E-state index contributed by atoms with van der Waals surface area (Å²) in [4.78, 5) is 12.0. The summed E-state index contributed by atoms with van der Waals surface area (Å²) >= 11 is 0. The molecule has 0 atom stereocenters. The molecular weight excluding hydrogens is 431 g/mol. The number of aromatic nitrogens is 1. The predicted molar refractivity (Wildman–Crippen MR) is 130 cm³/mol. The molecule has 0 bridgehead atoms. The number of fused-ring (bicyclic) bond motifs is 1. The van der Waals surface area contributed by atoms with Crippen LogP contribution in [0.2, 0.25) is 0 Å². The fourth-order valence-electron chi connectivity index (χ4n) is 4.36. The number of benzene rings is 3. The highest BCUT2D eigenvalue weighted by molar-refractivity contribution is 6.01. The molecule has 0 N–H and O–H groups in total. The van der Waals surface area contributed by atoms with Crippen molar-refractivity contribution in [1.82, 2.24) is 4.57 Å². The Balaban J connectivity index is 2.12. The fourth-order valence-corrected chi connectivity index (χ4v) is 4.36. The Labute approximate surface area is 198 Å². The van der Waals surface area contributed by atoms with Crippen molar-refractivity contribution in [2.75, 3.05) is 14.2 Å². The molecule has 0 saturated heterocycles. The van der Waals surface area contributed by atoms with Crippen molar-refractivity contribution in [3.05, 3.63) is 83.8 Å². The van der Waals surface area contributed by atoms with Crippen molar-refractivity contribution in [2.45, 2.75) is 25.7 Å². The van der Waals surface area contributed by atoms with Crippen LogP contribution in [0.3, 0.4) is 0 Å². The van der Waals surface area contributed by atoms with Gasteiger partial charge in [-0.15, -0.1) is 0 Å². The largest absolute Gasteiger partial charge is 0.497 e. The van der Waals surface area contributed by atoms with Crippen LogP contribution in [-0.2, 0) is 10.2 Å². The van der Waals surface area contributed by atoms with Gasteiger partial charge in [-0.25, -0.2) is 9.18 Å². The normalized spacial score (nSPS) is 11.3. The topological polar surface area (TPSA) is 64.2 Å². The second-order valence-corrected chi connectivity index (χ2v) is 8.71. The van der Waals surface area contributed by atoms with Crippen LogP contribution in [0.25, 0.3) is 27.7 Å². The van der Waals surface area contributed by atoms with E-state index in [0.717, 1.165) is 33.4 Å². The molecule has 4 aromatic rings. The molecule has 4 rings (SSSR count). The number of carbonyl (C=O) groups excluding carboxylic acids is 1.